The molecule has 0 aliphatic heterocycles. The van der Waals surface area contributed by atoms with Crippen molar-refractivity contribution in [1.82, 2.24) is 9.38 Å². The molecule has 0 aliphatic carbocycles. The first-order chi connectivity index (χ1) is 7.16. The zero-order chi connectivity index (χ0) is 10.8. The van der Waals surface area contributed by atoms with Crippen molar-refractivity contribution in [3.05, 3.63) is 35.2 Å². The molecule has 0 unspecified atom stereocenters. The fourth-order valence-electron chi connectivity index (χ4n) is 1.40. The third-order valence-electron chi connectivity index (χ3n) is 2.16. The van der Waals surface area contributed by atoms with Crippen LogP contribution in [-0.4, -0.2) is 20.5 Å². The monoisotopic (exact) mass is 224 g/mol. The molecule has 78 valence electrons. The van der Waals surface area contributed by atoms with Gasteiger partial charge in [0.1, 0.15) is 10.8 Å². The Hall–Kier alpha value is -1.55. The van der Waals surface area contributed by atoms with Gasteiger partial charge in [-0.15, -0.1) is 0 Å². The minimum absolute atomic E-state index is 0.130. The molecule has 0 spiro atoms. The summed E-state index contributed by atoms with van der Waals surface area (Å²) in [6.07, 6.45) is 4.00. The lowest BCUT2D eigenvalue weighted by Gasteiger charge is -2.00. The fourth-order valence-corrected chi connectivity index (χ4v) is 1.59. The molecular weight excluding hydrogens is 216 g/mol. The Kier molecular flexibility index (Phi) is 2.60. The predicted octanol–water partition coefficient (Wildman–Crippen LogP) is 2.00. The van der Waals surface area contributed by atoms with E-state index < -0.39 is 5.97 Å². The molecule has 2 aromatic heterocycles. The average Bonchev–Trinajstić information content (AvgIpc) is 2.57. The lowest BCUT2D eigenvalue weighted by Crippen LogP contribution is -1.98. The molecule has 15 heavy (non-hydrogen) atoms. The van der Waals surface area contributed by atoms with Crippen LogP contribution in [0.3, 0.4) is 0 Å². The van der Waals surface area contributed by atoms with E-state index in [0.29, 0.717) is 11.6 Å². The predicted molar refractivity (Wildman–Crippen MR) is 56.2 cm³/mol. The van der Waals surface area contributed by atoms with Crippen molar-refractivity contribution in [2.75, 3.05) is 0 Å². The molecule has 4 nitrogen and oxygen atoms in total. The van der Waals surface area contributed by atoms with Gasteiger partial charge in [0, 0.05) is 12.6 Å². The number of imidazole rings is 1. The molecule has 0 saturated carbocycles. The Morgan fingerprint density at radius 1 is 1.60 bits per heavy atom. The number of carboxylic acids is 1. The highest BCUT2D eigenvalue weighted by molar-refractivity contribution is 6.29. The third-order valence-corrected chi connectivity index (χ3v) is 2.44. The molecule has 2 aromatic rings. The lowest BCUT2D eigenvalue weighted by atomic mass is 10.1. The Bertz CT molecular complexity index is 507. The maximum absolute atomic E-state index is 10.4. The van der Waals surface area contributed by atoms with E-state index in [-0.39, 0.29) is 6.42 Å². The maximum atomic E-state index is 10.4. The summed E-state index contributed by atoms with van der Waals surface area (Å²) in [7, 11) is 0. The molecule has 0 bridgehead atoms. The van der Waals surface area contributed by atoms with Crippen LogP contribution in [0, 0.1) is 0 Å². The van der Waals surface area contributed by atoms with Gasteiger partial charge in [0.2, 0.25) is 0 Å². The number of aliphatic carboxylic acids is 1. The van der Waals surface area contributed by atoms with E-state index in [0.717, 1.165) is 11.2 Å². The van der Waals surface area contributed by atoms with Gasteiger partial charge in [-0.1, -0.05) is 11.6 Å². The van der Waals surface area contributed by atoms with Crippen LogP contribution in [0.5, 0.6) is 0 Å². The number of aryl methyl sites for hydroxylation is 1. The van der Waals surface area contributed by atoms with E-state index >= 15 is 0 Å². The molecular formula is C10H9ClN2O2. The van der Waals surface area contributed by atoms with Gasteiger partial charge < -0.3 is 5.11 Å². The number of rotatable bonds is 3. The van der Waals surface area contributed by atoms with Gasteiger partial charge in [-0.05, 0) is 24.1 Å². The van der Waals surface area contributed by atoms with E-state index in [4.69, 9.17) is 16.7 Å². The van der Waals surface area contributed by atoms with Gasteiger partial charge in [-0.25, -0.2) is 4.98 Å². The van der Waals surface area contributed by atoms with Gasteiger partial charge in [0.05, 0.1) is 6.20 Å². The summed E-state index contributed by atoms with van der Waals surface area (Å²) >= 11 is 5.86. The van der Waals surface area contributed by atoms with Crippen LogP contribution in [0.4, 0.5) is 0 Å². The van der Waals surface area contributed by atoms with E-state index in [9.17, 15) is 4.79 Å². The highest BCUT2D eigenvalue weighted by atomic mass is 35.5. The van der Waals surface area contributed by atoms with Crippen molar-refractivity contribution >= 4 is 23.2 Å². The van der Waals surface area contributed by atoms with E-state index in [1.807, 2.05) is 12.1 Å². The summed E-state index contributed by atoms with van der Waals surface area (Å²) in [6, 6.07) is 3.69. The number of carbonyl (C=O) groups is 1. The average molecular weight is 225 g/mol. The highest BCUT2D eigenvalue weighted by Crippen LogP contribution is 2.14. The maximum Gasteiger partial charge on any atom is 0.303 e. The van der Waals surface area contributed by atoms with Crippen molar-refractivity contribution in [1.29, 1.82) is 0 Å². The largest absolute Gasteiger partial charge is 0.481 e. The molecule has 0 amide bonds. The first-order valence-corrected chi connectivity index (χ1v) is 4.88. The number of hydrogen-bond donors (Lipinski definition) is 1. The Morgan fingerprint density at radius 3 is 3.13 bits per heavy atom. The van der Waals surface area contributed by atoms with E-state index in [2.05, 4.69) is 4.98 Å². The Labute approximate surface area is 91.1 Å². The standard InChI is InChI=1S/C10H9ClN2O2/c11-8-6-12-9-5-7(1-2-10(14)15)3-4-13(8)9/h3-6H,1-2H2,(H,14,15). The topological polar surface area (TPSA) is 54.6 Å². The zero-order valence-corrected chi connectivity index (χ0v) is 8.61. The molecule has 2 heterocycles. The molecule has 0 radical (unpaired) electrons. The van der Waals surface area contributed by atoms with Gasteiger partial charge in [0.15, 0.2) is 0 Å². The quantitative estimate of drug-likeness (QED) is 0.868. The van der Waals surface area contributed by atoms with Crippen LogP contribution in [0.25, 0.3) is 5.65 Å². The molecule has 0 aliphatic rings. The highest BCUT2D eigenvalue weighted by Gasteiger charge is 2.03. The Morgan fingerprint density at radius 2 is 2.40 bits per heavy atom. The van der Waals surface area contributed by atoms with Gasteiger partial charge in [0.25, 0.3) is 0 Å². The van der Waals surface area contributed by atoms with E-state index in [1.165, 1.54) is 0 Å². The fraction of sp³-hybridized carbons (Fsp3) is 0.200. The summed E-state index contributed by atoms with van der Waals surface area (Å²) in [6.45, 7) is 0. The molecule has 0 aromatic carbocycles. The second-order valence-electron chi connectivity index (χ2n) is 3.24. The second-order valence-corrected chi connectivity index (χ2v) is 3.63. The Balaban J connectivity index is 2.27. The van der Waals surface area contributed by atoms with E-state index in [1.54, 1.807) is 16.8 Å². The molecule has 0 saturated heterocycles. The van der Waals surface area contributed by atoms with Crippen molar-refractivity contribution in [2.24, 2.45) is 0 Å². The van der Waals surface area contributed by atoms with Crippen LogP contribution in [0.1, 0.15) is 12.0 Å². The number of carboxylic acid groups (broad SMARTS) is 1. The summed E-state index contributed by atoms with van der Waals surface area (Å²) in [5.74, 6) is -0.795. The molecule has 0 fully saturated rings. The normalized spacial score (nSPS) is 10.7. The smallest absolute Gasteiger partial charge is 0.303 e. The van der Waals surface area contributed by atoms with Crippen LogP contribution in [-0.2, 0) is 11.2 Å². The second kappa shape index (κ2) is 3.90. The summed E-state index contributed by atoms with van der Waals surface area (Å²) in [5.41, 5.74) is 1.69. The molecule has 1 N–H and O–H groups in total. The molecule has 5 heteroatoms. The number of aromatic nitrogens is 2. The third kappa shape index (κ3) is 2.10. The van der Waals surface area contributed by atoms with Gasteiger partial charge in [-0.3, -0.25) is 9.20 Å². The first kappa shape index (κ1) is 9.98. The SMILES string of the molecule is O=C(O)CCc1ccn2c(Cl)cnc2c1. The van der Waals surface area contributed by atoms with Crippen molar-refractivity contribution < 1.29 is 9.90 Å². The number of hydrogen-bond acceptors (Lipinski definition) is 2. The zero-order valence-electron chi connectivity index (χ0n) is 7.85. The van der Waals surface area contributed by atoms with Crippen LogP contribution < -0.4 is 0 Å². The summed E-state index contributed by atoms with van der Waals surface area (Å²) in [4.78, 5) is 14.5. The number of fused-ring (bicyclic) bond motifs is 1. The van der Waals surface area contributed by atoms with Crippen molar-refractivity contribution in [3.8, 4) is 0 Å². The number of halogens is 1. The summed E-state index contributed by atoms with van der Waals surface area (Å²) in [5, 5.41) is 9.10. The number of pyridine rings is 1. The lowest BCUT2D eigenvalue weighted by molar-refractivity contribution is -0.136. The van der Waals surface area contributed by atoms with Crippen LogP contribution in [0.2, 0.25) is 5.15 Å². The number of nitrogens with zero attached hydrogens (tertiary/aromatic N) is 2. The minimum atomic E-state index is -0.795. The van der Waals surface area contributed by atoms with Crippen molar-refractivity contribution in [2.45, 2.75) is 12.8 Å². The van der Waals surface area contributed by atoms with Crippen LogP contribution >= 0.6 is 11.6 Å². The molecule has 2 rings (SSSR count). The summed E-state index contributed by atoms with van der Waals surface area (Å²) < 4.78 is 1.74. The van der Waals surface area contributed by atoms with Gasteiger partial charge in [-0.2, -0.15) is 0 Å². The molecule has 0 atom stereocenters. The van der Waals surface area contributed by atoms with Crippen molar-refractivity contribution in [3.63, 3.8) is 0 Å². The minimum Gasteiger partial charge on any atom is -0.481 e. The van der Waals surface area contributed by atoms with Crippen LogP contribution in [0.15, 0.2) is 24.5 Å². The van der Waals surface area contributed by atoms with Gasteiger partial charge >= 0.3 is 5.97 Å². The first-order valence-electron chi connectivity index (χ1n) is 4.50.